The molecule has 0 spiro atoms. The maximum Gasteiger partial charge on any atom is 0.501 e. The van der Waals surface area contributed by atoms with Crippen LogP contribution in [0.15, 0.2) is 30.3 Å². The molecular formula is C37H72NO3Si+. The van der Waals surface area contributed by atoms with Crippen LogP contribution in [-0.2, 0) is 19.8 Å². The van der Waals surface area contributed by atoms with Crippen molar-refractivity contribution in [3.63, 3.8) is 0 Å². The summed E-state index contributed by atoms with van der Waals surface area (Å²) >= 11 is 0. The van der Waals surface area contributed by atoms with Gasteiger partial charge in [-0.15, -0.1) is 0 Å². The number of hydrogen-bond donors (Lipinski definition) is 0. The van der Waals surface area contributed by atoms with E-state index in [9.17, 15) is 0 Å². The van der Waals surface area contributed by atoms with Crippen LogP contribution in [0.5, 0.6) is 0 Å². The highest BCUT2D eigenvalue weighted by molar-refractivity contribution is 6.60. The molecule has 1 aromatic carbocycles. The average Bonchev–Trinajstić information content (AvgIpc) is 2.99. The van der Waals surface area contributed by atoms with E-state index in [-0.39, 0.29) is 0 Å². The van der Waals surface area contributed by atoms with Crippen LogP contribution in [0.25, 0.3) is 0 Å². The van der Waals surface area contributed by atoms with E-state index in [1.54, 1.807) is 0 Å². The molecule has 0 heterocycles. The van der Waals surface area contributed by atoms with E-state index in [0.717, 1.165) is 30.0 Å². The van der Waals surface area contributed by atoms with Gasteiger partial charge in [-0.05, 0) is 40.5 Å². The number of unbranched alkanes of at least 4 members (excludes halogenated alkanes) is 16. The zero-order valence-electron chi connectivity index (χ0n) is 28.9. The van der Waals surface area contributed by atoms with Gasteiger partial charge in [-0.1, -0.05) is 134 Å². The summed E-state index contributed by atoms with van der Waals surface area (Å²) in [6, 6.07) is 12.0. The number of hydrogen-bond acceptors (Lipinski definition) is 3. The monoisotopic (exact) mass is 607 g/mol. The molecule has 0 fully saturated rings. The molecule has 1 rings (SSSR count). The molecular weight excluding hydrogens is 534 g/mol. The maximum atomic E-state index is 6.16. The van der Waals surface area contributed by atoms with Crippen molar-refractivity contribution in [1.82, 2.24) is 0 Å². The van der Waals surface area contributed by atoms with Crippen molar-refractivity contribution in [1.29, 1.82) is 0 Å². The molecule has 0 N–H and O–H groups in total. The molecule has 1 unspecified atom stereocenters. The molecule has 0 radical (unpaired) electrons. The Morgan fingerprint density at radius 3 is 1.31 bits per heavy atom. The quantitative estimate of drug-likeness (QED) is 0.0478. The van der Waals surface area contributed by atoms with E-state index in [4.69, 9.17) is 13.3 Å². The van der Waals surface area contributed by atoms with E-state index in [1.807, 2.05) is 0 Å². The topological polar surface area (TPSA) is 27.7 Å². The van der Waals surface area contributed by atoms with Crippen molar-refractivity contribution in [3.05, 3.63) is 35.9 Å². The molecule has 1 aromatic rings. The number of quaternary nitrogens is 1. The third-order valence-electron chi connectivity index (χ3n) is 8.98. The first-order valence-electron chi connectivity index (χ1n) is 18.4. The molecule has 42 heavy (non-hydrogen) atoms. The fourth-order valence-electron chi connectivity index (χ4n) is 6.47. The molecule has 0 saturated heterocycles. The highest BCUT2D eigenvalue weighted by Gasteiger charge is 2.41. The molecule has 5 heteroatoms. The zero-order valence-corrected chi connectivity index (χ0v) is 29.9. The molecule has 0 aliphatic heterocycles. The molecule has 0 amide bonds. The largest absolute Gasteiger partial charge is 0.501 e. The van der Waals surface area contributed by atoms with Crippen molar-refractivity contribution in [2.45, 2.75) is 163 Å². The van der Waals surface area contributed by atoms with Gasteiger partial charge in [0, 0.05) is 37.8 Å². The normalized spacial score (nSPS) is 13.5. The minimum absolute atomic E-state index is 0.656. The Kier molecular flexibility index (Phi) is 24.9. The lowest BCUT2D eigenvalue weighted by molar-refractivity contribution is -0.939. The SMILES string of the molecule is CCCCCCCCCCCCCCCCCCC[N+](CC)(CCC[Si](OCC)(OCC)OCC)Cc1ccccc1. The lowest BCUT2D eigenvalue weighted by Crippen LogP contribution is -2.50. The third kappa shape index (κ3) is 18.8. The highest BCUT2D eigenvalue weighted by Crippen LogP contribution is 2.24. The van der Waals surface area contributed by atoms with E-state index in [2.05, 4.69) is 65.0 Å². The Morgan fingerprint density at radius 2 is 0.905 bits per heavy atom. The Balaban J connectivity index is 2.37. The second-order valence-electron chi connectivity index (χ2n) is 12.5. The molecule has 0 aliphatic carbocycles. The predicted octanol–water partition coefficient (Wildman–Crippen LogP) is 11.1. The fraction of sp³-hybridized carbons (Fsp3) is 0.838. The first-order valence-corrected chi connectivity index (χ1v) is 20.3. The highest BCUT2D eigenvalue weighted by atomic mass is 28.4. The second kappa shape index (κ2) is 26.7. The summed E-state index contributed by atoms with van der Waals surface area (Å²) in [5, 5.41) is 0. The van der Waals surface area contributed by atoms with Crippen LogP contribution in [0.1, 0.15) is 156 Å². The summed E-state index contributed by atoms with van der Waals surface area (Å²) in [4.78, 5) is 0. The molecule has 1 atom stereocenters. The average molecular weight is 607 g/mol. The van der Waals surface area contributed by atoms with E-state index < -0.39 is 8.80 Å². The molecule has 0 saturated carbocycles. The zero-order chi connectivity index (χ0) is 30.6. The first kappa shape index (κ1) is 39.3. The van der Waals surface area contributed by atoms with Crippen molar-refractivity contribution >= 4 is 8.80 Å². The van der Waals surface area contributed by atoms with E-state index in [1.165, 1.54) is 128 Å². The summed E-state index contributed by atoms with van der Waals surface area (Å²) in [5.74, 6) is 0. The number of rotatable bonds is 31. The lowest BCUT2D eigenvalue weighted by Gasteiger charge is -2.39. The first-order chi connectivity index (χ1) is 20.6. The molecule has 0 aliphatic rings. The van der Waals surface area contributed by atoms with Crippen LogP contribution in [0.3, 0.4) is 0 Å². The summed E-state index contributed by atoms with van der Waals surface area (Å²) in [6.45, 7) is 17.5. The van der Waals surface area contributed by atoms with Crippen molar-refractivity contribution < 1.29 is 17.8 Å². The van der Waals surface area contributed by atoms with Crippen molar-refractivity contribution in [2.24, 2.45) is 0 Å². The fourth-order valence-corrected chi connectivity index (χ4v) is 9.07. The van der Waals surface area contributed by atoms with Gasteiger partial charge in [-0.2, -0.15) is 0 Å². The van der Waals surface area contributed by atoms with E-state index in [0.29, 0.717) is 19.8 Å². The second-order valence-corrected chi connectivity index (χ2v) is 15.2. The third-order valence-corrected chi connectivity index (χ3v) is 12.1. The molecule has 4 nitrogen and oxygen atoms in total. The summed E-state index contributed by atoms with van der Waals surface area (Å²) in [6.07, 6.45) is 25.3. The van der Waals surface area contributed by atoms with Gasteiger partial charge in [0.25, 0.3) is 0 Å². The van der Waals surface area contributed by atoms with Gasteiger partial charge in [0.05, 0.1) is 19.6 Å². The van der Waals surface area contributed by atoms with Gasteiger partial charge < -0.3 is 17.8 Å². The van der Waals surface area contributed by atoms with Crippen LogP contribution < -0.4 is 0 Å². The van der Waals surface area contributed by atoms with E-state index >= 15 is 0 Å². The Labute approximate surface area is 264 Å². The van der Waals surface area contributed by atoms with Gasteiger partial charge in [-0.25, -0.2) is 0 Å². The van der Waals surface area contributed by atoms with Gasteiger partial charge in [-0.3, -0.25) is 0 Å². The molecule has 246 valence electrons. The Hall–Kier alpha value is -0.723. The van der Waals surface area contributed by atoms with Gasteiger partial charge in [0.1, 0.15) is 6.54 Å². The lowest BCUT2D eigenvalue weighted by atomic mass is 10.0. The van der Waals surface area contributed by atoms with Crippen LogP contribution in [0.4, 0.5) is 0 Å². The van der Waals surface area contributed by atoms with Crippen LogP contribution in [0.2, 0.25) is 6.04 Å². The van der Waals surface area contributed by atoms with Gasteiger partial charge in [0.2, 0.25) is 0 Å². The summed E-state index contributed by atoms with van der Waals surface area (Å²) < 4.78 is 19.6. The molecule has 0 aromatic heterocycles. The smallest absolute Gasteiger partial charge is 0.374 e. The van der Waals surface area contributed by atoms with Gasteiger partial charge >= 0.3 is 8.80 Å². The minimum atomic E-state index is -2.59. The van der Waals surface area contributed by atoms with Crippen molar-refractivity contribution in [3.8, 4) is 0 Å². The Bertz CT molecular complexity index is 686. The number of benzene rings is 1. The van der Waals surface area contributed by atoms with Crippen LogP contribution >= 0.6 is 0 Å². The summed E-state index contributed by atoms with van der Waals surface area (Å²) in [7, 11) is -2.59. The van der Waals surface area contributed by atoms with Crippen LogP contribution in [0, 0.1) is 0 Å². The standard InChI is InChI=1S/C37H72NO3Si/c1-6-11-12-13-14-15-16-17-18-19-20-21-22-23-24-25-29-33-38(7-2,36-37-31-27-26-28-32-37)34-30-35-42(39-8-3,40-9-4)41-10-5/h26-28,31-32H,6-25,29-30,33-36H2,1-5H3/q+1. The van der Waals surface area contributed by atoms with Crippen molar-refractivity contribution in [2.75, 3.05) is 39.5 Å². The number of nitrogens with zero attached hydrogens (tertiary/aromatic N) is 1. The van der Waals surface area contributed by atoms with Crippen LogP contribution in [-0.4, -0.2) is 52.7 Å². The maximum absolute atomic E-state index is 6.16. The van der Waals surface area contributed by atoms with Gasteiger partial charge in [0.15, 0.2) is 0 Å². The molecule has 0 bridgehead atoms. The Morgan fingerprint density at radius 1 is 0.500 bits per heavy atom. The predicted molar refractivity (Wildman–Crippen MR) is 185 cm³/mol. The minimum Gasteiger partial charge on any atom is -0.374 e. The summed E-state index contributed by atoms with van der Waals surface area (Å²) in [5.41, 5.74) is 1.45.